The molecule has 2 N–H and O–H groups in total. The van der Waals surface area contributed by atoms with Crippen molar-refractivity contribution in [2.45, 2.75) is 6.42 Å². The monoisotopic (exact) mass is 314 g/mol. The van der Waals surface area contributed by atoms with E-state index >= 15 is 0 Å². The molecule has 0 radical (unpaired) electrons. The van der Waals surface area contributed by atoms with Crippen molar-refractivity contribution in [3.63, 3.8) is 0 Å². The van der Waals surface area contributed by atoms with Crippen molar-refractivity contribution in [3.05, 3.63) is 82.7 Å². The molecule has 0 amide bonds. The molecule has 3 rings (SSSR count). The van der Waals surface area contributed by atoms with E-state index in [2.05, 4.69) is 10.6 Å². The van der Waals surface area contributed by atoms with Gasteiger partial charge >= 0.3 is 0 Å². The van der Waals surface area contributed by atoms with E-state index in [9.17, 15) is 13.6 Å². The molecule has 0 bridgehead atoms. The molecule has 0 atom stereocenters. The Morgan fingerprint density at radius 3 is 2.30 bits per heavy atom. The van der Waals surface area contributed by atoms with Crippen LogP contribution in [0.4, 0.5) is 8.78 Å². The Kier molecular flexibility index (Phi) is 4.37. The van der Waals surface area contributed by atoms with Gasteiger partial charge in [0, 0.05) is 30.6 Å². The quantitative estimate of drug-likeness (QED) is 0.673. The van der Waals surface area contributed by atoms with Gasteiger partial charge in [0.1, 0.15) is 17.5 Å². The summed E-state index contributed by atoms with van der Waals surface area (Å²) in [4.78, 5) is 12.8. The number of allylic oxidation sites excluding steroid dienone is 1. The Balaban J connectivity index is 1.94. The van der Waals surface area contributed by atoms with Gasteiger partial charge < -0.3 is 10.6 Å². The Labute approximate surface area is 133 Å². The summed E-state index contributed by atoms with van der Waals surface area (Å²) >= 11 is 0. The molecule has 2 aromatic rings. The molecule has 1 heterocycles. The number of rotatable bonds is 4. The van der Waals surface area contributed by atoms with Crippen LogP contribution in [0, 0.1) is 11.6 Å². The van der Waals surface area contributed by atoms with Crippen molar-refractivity contribution in [1.29, 1.82) is 0 Å². The van der Waals surface area contributed by atoms with E-state index in [1.165, 1.54) is 36.4 Å². The molecular formula is C18H16F2N2O. The zero-order valence-corrected chi connectivity index (χ0v) is 12.4. The molecular weight excluding hydrogens is 298 g/mol. The first-order chi connectivity index (χ1) is 11.1. The Bertz CT molecular complexity index is 746. The van der Waals surface area contributed by atoms with E-state index in [0.717, 1.165) is 13.1 Å². The summed E-state index contributed by atoms with van der Waals surface area (Å²) in [6.45, 7) is 1.44. The minimum atomic E-state index is -0.391. The summed E-state index contributed by atoms with van der Waals surface area (Å²) in [5.41, 5.74) is 1.62. The number of nitrogens with one attached hydrogen (secondary N) is 2. The van der Waals surface area contributed by atoms with Gasteiger partial charge in [0.05, 0.1) is 0 Å². The number of hydrogen-bond acceptors (Lipinski definition) is 3. The first-order valence-corrected chi connectivity index (χ1v) is 7.39. The Hall–Kier alpha value is -2.69. The molecule has 1 saturated heterocycles. The lowest BCUT2D eigenvalue weighted by atomic mass is 9.96. The van der Waals surface area contributed by atoms with Crippen LogP contribution >= 0.6 is 0 Å². The maximum atomic E-state index is 13.4. The number of halogens is 2. The third kappa shape index (κ3) is 3.56. The van der Waals surface area contributed by atoms with Crippen LogP contribution in [0.15, 0.2) is 59.9 Å². The molecule has 1 aliphatic heterocycles. The van der Waals surface area contributed by atoms with Crippen LogP contribution in [0.5, 0.6) is 0 Å². The molecule has 0 spiro atoms. The lowest BCUT2D eigenvalue weighted by molar-refractivity contribution is 0.103. The van der Waals surface area contributed by atoms with Crippen LogP contribution in [-0.2, 0) is 6.42 Å². The van der Waals surface area contributed by atoms with Crippen molar-refractivity contribution in [2.75, 3.05) is 13.1 Å². The van der Waals surface area contributed by atoms with E-state index in [0.29, 0.717) is 28.9 Å². The van der Waals surface area contributed by atoms with Gasteiger partial charge in [-0.2, -0.15) is 0 Å². The molecule has 3 nitrogen and oxygen atoms in total. The highest BCUT2D eigenvalue weighted by atomic mass is 19.1. The van der Waals surface area contributed by atoms with Crippen LogP contribution in [-0.4, -0.2) is 18.9 Å². The summed E-state index contributed by atoms with van der Waals surface area (Å²) in [6.07, 6.45) is 0.295. The fourth-order valence-electron chi connectivity index (χ4n) is 2.56. The number of hydrogen-bond donors (Lipinski definition) is 2. The zero-order chi connectivity index (χ0) is 16.2. The van der Waals surface area contributed by atoms with Gasteiger partial charge in [0.25, 0.3) is 0 Å². The molecule has 0 saturated carbocycles. The molecule has 0 unspecified atom stereocenters. The number of carbonyl (C=O) groups is 1. The minimum absolute atomic E-state index is 0.203. The highest BCUT2D eigenvalue weighted by Crippen LogP contribution is 2.18. The van der Waals surface area contributed by atoms with Crippen molar-refractivity contribution in [1.82, 2.24) is 10.6 Å². The third-order valence-electron chi connectivity index (χ3n) is 3.68. The fourth-order valence-corrected chi connectivity index (χ4v) is 2.56. The smallest absolute Gasteiger partial charge is 0.192 e. The van der Waals surface area contributed by atoms with E-state index in [4.69, 9.17) is 0 Å². The Morgan fingerprint density at radius 1 is 0.957 bits per heavy atom. The number of benzene rings is 2. The average molecular weight is 314 g/mol. The standard InChI is InChI=1S/C18H16F2N2O/c19-14-6-4-13(5-7-14)17(23)16(18-21-8-9-22-18)11-12-2-1-3-15(20)10-12/h1-7,10,21-22H,8-9,11H2. The van der Waals surface area contributed by atoms with E-state index in [1.54, 1.807) is 12.1 Å². The minimum Gasteiger partial charge on any atom is -0.370 e. The molecule has 0 aliphatic carbocycles. The number of carbonyl (C=O) groups excluding carboxylic acids is 1. The predicted octanol–water partition coefficient (Wildman–Crippen LogP) is 2.79. The molecule has 0 aromatic heterocycles. The van der Waals surface area contributed by atoms with E-state index in [1.807, 2.05) is 0 Å². The average Bonchev–Trinajstić information content (AvgIpc) is 3.07. The summed E-state index contributed by atoms with van der Waals surface area (Å²) in [5.74, 6) is -0.277. The molecule has 1 fully saturated rings. The maximum absolute atomic E-state index is 13.4. The summed E-state index contributed by atoms with van der Waals surface area (Å²) in [6, 6.07) is 11.6. The van der Waals surface area contributed by atoms with Gasteiger partial charge in [-0.25, -0.2) is 8.78 Å². The van der Waals surface area contributed by atoms with Crippen molar-refractivity contribution < 1.29 is 13.6 Å². The second-order valence-electron chi connectivity index (χ2n) is 5.35. The van der Waals surface area contributed by atoms with Crippen molar-refractivity contribution in [3.8, 4) is 0 Å². The van der Waals surface area contributed by atoms with Crippen LogP contribution in [0.3, 0.4) is 0 Å². The first-order valence-electron chi connectivity index (χ1n) is 7.39. The predicted molar refractivity (Wildman–Crippen MR) is 83.9 cm³/mol. The van der Waals surface area contributed by atoms with Gasteiger partial charge in [-0.15, -0.1) is 0 Å². The topological polar surface area (TPSA) is 41.1 Å². The molecule has 118 valence electrons. The van der Waals surface area contributed by atoms with Gasteiger partial charge in [-0.05, 0) is 42.0 Å². The van der Waals surface area contributed by atoms with E-state index in [-0.39, 0.29) is 11.6 Å². The molecule has 2 aromatic carbocycles. The van der Waals surface area contributed by atoms with Gasteiger partial charge in [0.15, 0.2) is 5.78 Å². The molecule has 1 aliphatic rings. The number of ketones is 1. The van der Waals surface area contributed by atoms with Gasteiger partial charge in [-0.3, -0.25) is 4.79 Å². The van der Waals surface area contributed by atoms with Crippen molar-refractivity contribution in [2.24, 2.45) is 0 Å². The molecule has 5 heteroatoms. The second kappa shape index (κ2) is 6.60. The summed E-state index contributed by atoms with van der Waals surface area (Å²) in [7, 11) is 0. The summed E-state index contributed by atoms with van der Waals surface area (Å²) < 4.78 is 26.4. The zero-order valence-electron chi connectivity index (χ0n) is 12.4. The summed E-state index contributed by atoms with van der Waals surface area (Å²) in [5, 5.41) is 6.27. The largest absolute Gasteiger partial charge is 0.370 e. The van der Waals surface area contributed by atoms with Crippen LogP contribution < -0.4 is 10.6 Å². The van der Waals surface area contributed by atoms with Gasteiger partial charge in [-0.1, -0.05) is 12.1 Å². The second-order valence-corrected chi connectivity index (χ2v) is 5.35. The maximum Gasteiger partial charge on any atom is 0.192 e. The fraction of sp³-hybridized carbons (Fsp3) is 0.167. The van der Waals surface area contributed by atoms with Crippen LogP contribution in [0.2, 0.25) is 0 Å². The lowest BCUT2D eigenvalue weighted by Crippen LogP contribution is -2.20. The highest BCUT2D eigenvalue weighted by molar-refractivity contribution is 6.09. The highest BCUT2D eigenvalue weighted by Gasteiger charge is 2.20. The normalized spacial score (nSPS) is 13.4. The number of Topliss-reactive ketones (excluding diaryl/α,β-unsaturated/α-hetero) is 1. The SMILES string of the molecule is O=C(C(Cc1cccc(F)c1)=C1NCCN1)c1ccc(F)cc1. The third-order valence-corrected chi connectivity index (χ3v) is 3.68. The van der Waals surface area contributed by atoms with E-state index < -0.39 is 5.82 Å². The van der Waals surface area contributed by atoms with Crippen LogP contribution in [0.1, 0.15) is 15.9 Å². The van der Waals surface area contributed by atoms with Gasteiger partial charge in [0.2, 0.25) is 0 Å². The van der Waals surface area contributed by atoms with Crippen LogP contribution in [0.25, 0.3) is 0 Å². The Morgan fingerprint density at radius 2 is 1.65 bits per heavy atom. The lowest BCUT2D eigenvalue weighted by Gasteiger charge is -2.12. The first kappa shape index (κ1) is 15.2. The van der Waals surface area contributed by atoms with Crippen molar-refractivity contribution >= 4 is 5.78 Å². The molecule has 23 heavy (non-hydrogen) atoms.